The quantitative estimate of drug-likeness (QED) is 0.759. The first-order valence-electron chi connectivity index (χ1n) is 7.27. The topological polar surface area (TPSA) is 58.6 Å². The van der Waals surface area contributed by atoms with Crippen molar-refractivity contribution >= 4 is 11.5 Å². The van der Waals surface area contributed by atoms with Crippen molar-refractivity contribution in [3.8, 4) is 5.75 Å². The number of nitrogens with one attached hydrogen (secondary N) is 1. The highest BCUT2D eigenvalue weighted by Gasteiger charge is 2.22. The van der Waals surface area contributed by atoms with Gasteiger partial charge in [-0.15, -0.1) is 0 Å². The zero-order valence-corrected chi connectivity index (χ0v) is 13.3. The molecule has 0 heterocycles. The second-order valence-electron chi connectivity index (χ2n) is 5.21. The molecule has 4 nitrogen and oxygen atoms in total. The summed E-state index contributed by atoms with van der Waals surface area (Å²) in [6.45, 7) is 5.97. The van der Waals surface area contributed by atoms with Crippen molar-refractivity contribution in [1.29, 1.82) is 0 Å². The van der Waals surface area contributed by atoms with E-state index >= 15 is 0 Å². The van der Waals surface area contributed by atoms with Gasteiger partial charge in [0.1, 0.15) is 5.75 Å². The van der Waals surface area contributed by atoms with Crippen LogP contribution in [-0.4, -0.2) is 30.3 Å². The summed E-state index contributed by atoms with van der Waals surface area (Å²) in [6, 6.07) is 7.54. The summed E-state index contributed by atoms with van der Waals surface area (Å²) in [4.78, 5) is 11.9. The molecule has 0 aromatic heterocycles. The molecule has 0 aliphatic carbocycles. The van der Waals surface area contributed by atoms with Crippen molar-refractivity contribution in [2.45, 2.75) is 39.2 Å². The minimum absolute atomic E-state index is 0.191. The lowest BCUT2D eigenvalue weighted by Gasteiger charge is -2.25. The molecular weight excluding hydrogens is 266 g/mol. The lowest BCUT2D eigenvalue weighted by atomic mass is 9.97. The Labute approximate surface area is 126 Å². The molecule has 21 heavy (non-hydrogen) atoms. The number of hydrogen-bond donors (Lipinski definition) is 2. The standard InChI is InChI=1S/C17H25NO3/c1-5-17(20,6-2)12-18-16(19)11-13(3)14-7-9-15(21-4)10-8-14/h7-11,20H,5-6,12H2,1-4H3,(H,18,19)/b13-11-. The van der Waals surface area contributed by atoms with E-state index in [2.05, 4.69) is 5.32 Å². The van der Waals surface area contributed by atoms with Crippen molar-refractivity contribution in [2.75, 3.05) is 13.7 Å². The molecule has 0 saturated heterocycles. The van der Waals surface area contributed by atoms with E-state index in [0.717, 1.165) is 16.9 Å². The Morgan fingerprint density at radius 1 is 1.29 bits per heavy atom. The third kappa shape index (κ3) is 5.23. The molecule has 116 valence electrons. The number of carbonyl (C=O) groups excluding carboxylic acids is 1. The Kier molecular flexibility index (Phi) is 6.43. The molecule has 0 unspecified atom stereocenters. The molecule has 0 fully saturated rings. The van der Waals surface area contributed by atoms with Gasteiger partial charge in [-0.05, 0) is 43.0 Å². The van der Waals surface area contributed by atoms with Crippen LogP contribution in [0, 0.1) is 0 Å². The minimum atomic E-state index is -0.822. The fourth-order valence-electron chi connectivity index (χ4n) is 1.94. The average Bonchev–Trinajstić information content (AvgIpc) is 2.52. The predicted molar refractivity (Wildman–Crippen MR) is 85.2 cm³/mol. The summed E-state index contributed by atoms with van der Waals surface area (Å²) >= 11 is 0. The molecule has 0 aliphatic heterocycles. The van der Waals surface area contributed by atoms with Crippen molar-refractivity contribution in [1.82, 2.24) is 5.32 Å². The number of rotatable bonds is 7. The maximum Gasteiger partial charge on any atom is 0.244 e. The van der Waals surface area contributed by atoms with E-state index in [-0.39, 0.29) is 12.5 Å². The van der Waals surface area contributed by atoms with Gasteiger partial charge in [0.25, 0.3) is 0 Å². The summed E-state index contributed by atoms with van der Waals surface area (Å²) < 4.78 is 5.10. The number of hydrogen-bond acceptors (Lipinski definition) is 3. The van der Waals surface area contributed by atoms with Gasteiger partial charge in [0, 0.05) is 12.6 Å². The van der Waals surface area contributed by atoms with E-state index < -0.39 is 5.60 Å². The van der Waals surface area contributed by atoms with Crippen molar-refractivity contribution in [3.05, 3.63) is 35.9 Å². The van der Waals surface area contributed by atoms with Gasteiger partial charge in [0.2, 0.25) is 5.91 Å². The molecule has 1 amide bonds. The number of amides is 1. The maximum atomic E-state index is 11.9. The molecule has 1 rings (SSSR count). The van der Waals surface area contributed by atoms with Gasteiger partial charge in [0.15, 0.2) is 0 Å². The largest absolute Gasteiger partial charge is 0.497 e. The lowest BCUT2D eigenvalue weighted by molar-refractivity contribution is -0.117. The Hall–Kier alpha value is -1.81. The number of aliphatic hydroxyl groups is 1. The van der Waals surface area contributed by atoms with Gasteiger partial charge in [-0.3, -0.25) is 4.79 Å². The molecule has 1 aromatic carbocycles. The van der Waals surface area contributed by atoms with Crippen LogP contribution in [0.1, 0.15) is 39.2 Å². The van der Waals surface area contributed by atoms with E-state index in [1.807, 2.05) is 45.0 Å². The molecule has 0 aliphatic rings. The van der Waals surface area contributed by atoms with Crippen LogP contribution in [0.15, 0.2) is 30.3 Å². The average molecular weight is 291 g/mol. The van der Waals surface area contributed by atoms with Crippen LogP contribution in [0.25, 0.3) is 5.57 Å². The Morgan fingerprint density at radius 3 is 2.33 bits per heavy atom. The van der Waals surface area contributed by atoms with Gasteiger partial charge < -0.3 is 15.2 Å². The zero-order valence-electron chi connectivity index (χ0n) is 13.3. The SMILES string of the molecule is CCC(O)(CC)CNC(=O)/C=C(/C)c1ccc(OC)cc1. The van der Waals surface area contributed by atoms with E-state index in [0.29, 0.717) is 12.8 Å². The van der Waals surface area contributed by atoms with E-state index in [1.165, 1.54) is 0 Å². The number of methoxy groups -OCH3 is 1. The summed E-state index contributed by atoms with van der Waals surface area (Å²) in [6.07, 6.45) is 2.78. The number of ether oxygens (including phenoxy) is 1. The van der Waals surface area contributed by atoms with Crippen LogP contribution in [0.5, 0.6) is 5.75 Å². The highest BCUT2D eigenvalue weighted by Crippen LogP contribution is 2.18. The van der Waals surface area contributed by atoms with Gasteiger partial charge >= 0.3 is 0 Å². The molecule has 1 aromatic rings. The van der Waals surface area contributed by atoms with Crippen molar-refractivity contribution in [2.24, 2.45) is 0 Å². The Bertz CT molecular complexity index is 487. The minimum Gasteiger partial charge on any atom is -0.497 e. The monoisotopic (exact) mass is 291 g/mol. The Balaban J connectivity index is 2.66. The highest BCUT2D eigenvalue weighted by molar-refractivity contribution is 5.94. The van der Waals surface area contributed by atoms with Crippen LogP contribution in [-0.2, 0) is 4.79 Å². The van der Waals surface area contributed by atoms with E-state index in [4.69, 9.17) is 4.74 Å². The summed E-state index contributed by atoms with van der Waals surface area (Å²) in [5, 5.41) is 12.9. The first-order valence-corrected chi connectivity index (χ1v) is 7.27. The third-order valence-corrected chi connectivity index (χ3v) is 3.80. The molecule has 2 N–H and O–H groups in total. The normalized spacial score (nSPS) is 12.1. The predicted octanol–water partition coefficient (Wildman–Crippen LogP) is 2.77. The second kappa shape index (κ2) is 7.84. The van der Waals surface area contributed by atoms with Gasteiger partial charge in [0.05, 0.1) is 12.7 Å². The third-order valence-electron chi connectivity index (χ3n) is 3.80. The van der Waals surface area contributed by atoms with Crippen LogP contribution in [0.2, 0.25) is 0 Å². The van der Waals surface area contributed by atoms with Gasteiger partial charge in [-0.2, -0.15) is 0 Å². The second-order valence-corrected chi connectivity index (χ2v) is 5.21. The van der Waals surface area contributed by atoms with E-state index in [9.17, 15) is 9.90 Å². The van der Waals surface area contributed by atoms with Crippen molar-refractivity contribution in [3.63, 3.8) is 0 Å². The maximum absolute atomic E-state index is 11.9. The van der Waals surface area contributed by atoms with E-state index in [1.54, 1.807) is 13.2 Å². The van der Waals surface area contributed by atoms with Crippen LogP contribution in [0.3, 0.4) is 0 Å². The molecule has 0 saturated carbocycles. The summed E-state index contributed by atoms with van der Waals surface area (Å²) in [5.74, 6) is 0.593. The van der Waals surface area contributed by atoms with Crippen LogP contribution < -0.4 is 10.1 Å². The zero-order chi connectivity index (χ0) is 15.9. The molecule has 0 bridgehead atoms. The smallest absolute Gasteiger partial charge is 0.244 e. The molecule has 0 radical (unpaired) electrons. The first kappa shape index (κ1) is 17.2. The number of carbonyl (C=O) groups is 1. The van der Waals surface area contributed by atoms with Crippen LogP contribution in [0.4, 0.5) is 0 Å². The molecule has 0 atom stereocenters. The molecular formula is C17H25NO3. The summed E-state index contributed by atoms with van der Waals surface area (Å²) in [5.41, 5.74) is 1.01. The fourth-order valence-corrected chi connectivity index (χ4v) is 1.94. The number of allylic oxidation sites excluding steroid dienone is 1. The number of benzene rings is 1. The summed E-state index contributed by atoms with van der Waals surface area (Å²) in [7, 11) is 1.62. The van der Waals surface area contributed by atoms with Crippen LogP contribution >= 0.6 is 0 Å². The molecule has 4 heteroatoms. The first-order chi connectivity index (χ1) is 9.94. The highest BCUT2D eigenvalue weighted by atomic mass is 16.5. The fraction of sp³-hybridized carbons (Fsp3) is 0.471. The molecule has 0 spiro atoms. The Morgan fingerprint density at radius 2 is 1.86 bits per heavy atom. The van der Waals surface area contributed by atoms with Gasteiger partial charge in [-0.1, -0.05) is 26.0 Å². The lowest BCUT2D eigenvalue weighted by Crippen LogP contribution is -2.41. The van der Waals surface area contributed by atoms with Crippen molar-refractivity contribution < 1.29 is 14.6 Å². The van der Waals surface area contributed by atoms with Gasteiger partial charge in [-0.25, -0.2) is 0 Å².